The van der Waals surface area contributed by atoms with Crippen LogP contribution in [0.4, 0.5) is 0 Å². The van der Waals surface area contributed by atoms with Crippen molar-refractivity contribution in [2.24, 2.45) is 5.92 Å². The van der Waals surface area contributed by atoms with Gasteiger partial charge in [0.15, 0.2) is 0 Å². The predicted octanol–water partition coefficient (Wildman–Crippen LogP) is 3.96. The Bertz CT molecular complexity index is 370. The largest absolute Gasteiger partial charge is 0.491 e. The lowest BCUT2D eigenvalue weighted by Gasteiger charge is -2.18. The Kier molecular flexibility index (Phi) is 7.03. The first-order valence-electron chi connectivity index (χ1n) is 7.44. The van der Waals surface area contributed by atoms with Crippen molar-refractivity contribution in [1.29, 1.82) is 0 Å². The third-order valence-corrected chi connectivity index (χ3v) is 2.98. The number of hydrogen-bond donors (Lipinski definition) is 1. The Balaban J connectivity index is 2.45. The average molecular weight is 280 g/mol. The molecule has 2 atom stereocenters. The van der Waals surface area contributed by atoms with E-state index in [1.165, 1.54) is 0 Å². The van der Waals surface area contributed by atoms with E-state index in [2.05, 4.69) is 13.8 Å². The summed E-state index contributed by atoms with van der Waals surface area (Å²) in [6.45, 7) is 10.7. The summed E-state index contributed by atoms with van der Waals surface area (Å²) in [5.74, 6) is 1.43. The van der Waals surface area contributed by atoms with Crippen LogP contribution in [0.25, 0.3) is 0 Å². The van der Waals surface area contributed by atoms with Crippen LogP contribution in [-0.4, -0.2) is 23.9 Å². The lowest BCUT2D eigenvalue weighted by Crippen LogP contribution is -2.16. The van der Waals surface area contributed by atoms with Gasteiger partial charge in [0.25, 0.3) is 0 Å². The SMILES string of the molecule is CC(C)CC(C)OCC(O)c1ccc(OC(C)C)cc1. The summed E-state index contributed by atoms with van der Waals surface area (Å²) in [6.07, 6.45) is 0.755. The molecule has 0 amide bonds. The van der Waals surface area contributed by atoms with Crippen molar-refractivity contribution >= 4 is 0 Å². The highest BCUT2D eigenvalue weighted by Gasteiger charge is 2.11. The van der Waals surface area contributed by atoms with Crippen LogP contribution in [0.1, 0.15) is 52.7 Å². The van der Waals surface area contributed by atoms with Crippen molar-refractivity contribution in [1.82, 2.24) is 0 Å². The van der Waals surface area contributed by atoms with Crippen molar-refractivity contribution in [3.8, 4) is 5.75 Å². The summed E-state index contributed by atoms with van der Waals surface area (Å²) in [6, 6.07) is 7.55. The predicted molar refractivity (Wildman–Crippen MR) is 82.0 cm³/mol. The molecule has 2 unspecified atom stereocenters. The number of aliphatic hydroxyl groups is 1. The maximum absolute atomic E-state index is 10.1. The maximum atomic E-state index is 10.1. The first-order chi connectivity index (χ1) is 9.38. The van der Waals surface area contributed by atoms with Crippen molar-refractivity contribution in [2.45, 2.75) is 59.4 Å². The van der Waals surface area contributed by atoms with Crippen molar-refractivity contribution < 1.29 is 14.6 Å². The van der Waals surface area contributed by atoms with Crippen LogP contribution in [0.2, 0.25) is 0 Å². The first kappa shape index (κ1) is 17.0. The summed E-state index contributed by atoms with van der Waals surface area (Å²) in [4.78, 5) is 0. The van der Waals surface area contributed by atoms with Gasteiger partial charge in [-0.1, -0.05) is 26.0 Å². The smallest absolute Gasteiger partial charge is 0.119 e. The van der Waals surface area contributed by atoms with Crippen molar-refractivity contribution in [3.63, 3.8) is 0 Å². The molecule has 1 N–H and O–H groups in total. The minimum atomic E-state index is -0.585. The minimum Gasteiger partial charge on any atom is -0.491 e. The molecule has 0 saturated carbocycles. The third kappa shape index (κ3) is 6.40. The molecular weight excluding hydrogens is 252 g/mol. The molecule has 0 bridgehead atoms. The van der Waals surface area contributed by atoms with E-state index < -0.39 is 6.10 Å². The summed E-state index contributed by atoms with van der Waals surface area (Å²) in [5.41, 5.74) is 0.859. The Morgan fingerprint density at radius 2 is 1.60 bits per heavy atom. The molecule has 1 aromatic rings. The highest BCUT2D eigenvalue weighted by molar-refractivity contribution is 5.28. The number of rotatable bonds is 8. The van der Waals surface area contributed by atoms with Gasteiger partial charge in [-0.2, -0.15) is 0 Å². The first-order valence-corrected chi connectivity index (χ1v) is 7.44. The molecular formula is C17H28O3. The molecule has 3 heteroatoms. The molecule has 114 valence electrons. The van der Waals surface area contributed by atoms with Gasteiger partial charge < -0.3 is 14.6 Å². The van der Waals surface area contributed by atoms with Crippen LogP contribution in [0, 0.1) is 5.92 Å². The molecule has 0 radical (unpaired) electrons. The Morgan fingerprint density at radius 1 is 1.00 bits per heavy atom. The molecule has 0 heterocycles. The second kappa shape index (κ2) is 8.28. The fourth-order valence-corrected chi connectivity index (χ4v) is 2.12. The number of aliphatic hydroxyl groups excluding tert-OH is 1. The van der Waals surface area contributed by atoms with Gasteiger partial charge in [0.2, 0.25) is 0 Å². The van der Waals surface area contributed by atoms with E-state index in [9.17, 15) is 5.11 Å². The molecule has 0 spiro atoms. The van der Waals surface area contributed by atoms with E-state index >= 15 is 0 Å². The summed E-state index contributed by atoms with van der Waals surface area (Å²) in [5, 5.41) is 10.1. The van der Waals surface area contributed by atoms with E-state index in [-0.39, 0.29) is 12.2 Å². The second-order valence-corrected chi connectivity index (χ2v) is 6.02. The summed E-state index contributed by atoms with van der Waals surface area (Å²) >= 11 is 0. The van der Waals surface area contributed by atoms with Crippen molar-refractivity contribution in [3.05, 3.63) is 29.8 Å². The van der Waals surface area contributed by atoms with Crippen LogP contribution >= 0.6 is 0 Å². The van der Waals surface area contributed by atoms with Gasteiger partial charge in [-0.15, -0.1) is 0 Å². The van der Waals surface area contributed by atoms with Crippen LogP contribution < -0.4 is 4.74 Å². The van der Waals surface area contributed by atoms with Crippen LogP contribution in [0.3, 0.4) is 0 Å². The Labute approximate surface area is 122 Å². The topological polar surface area (TPSA) is 38.7 Å². The van der Waals surface area contributed by atoms with Crippen LogP contribution in [0.15, 0.2) is 24.3 Å². The number of ether oxygens (including phenoxy) is 2. The molecule has 0 aliphatic rings. The minimum absolute atomic E-state index is 0.158. The highest BCUT2D eigenvalue weighted by Crippen LogP contribution is 2.20. The molecule has 0 aromatic heterocycles. The number of hydrogen-bond acceptors (Lipinski definition) is 3. The highest BCUT2D eigenvalue weighted by atomic mass is 16.5. The summed E-state index contributed by atoms with van der Waals surface area (Å²) < 4.78 is 11.3. The molecule has 0 saturated heterocycles. The fourth-order valence-electron chi connectivity index (χ4n) is 2.12. The quantitative estimate of drug-likeness (QED) is 0.783. The lowest BCUT2D eigenvalue weighted by atomic mass is 10.1. The fraction of sp³-hybridized carbons (Fsp3) is 0.647. The van der Waals surface area contributed by atoms with Gasteiger partial charge in [0, 0.05) is 0 Å². The molecule has 0 fully saturated rings. The van der Waals surface area contributed by atoms with Gasteiger partial charge in [-0.3, -0.25) is 0 Å². The molecule has 1 aromatic carbocycles. The average Bonchev–Trinajstić information content (AvgIpc) is 2.35. The molecule has 0 aliphatic heterocycles. The Hall–Kier alpha value is -1.06. The van der Waals surface area contributed by atoms with Gasteiger partial charge in [0.1, 0.15) is 11.9 Å². The van der Waals surface area contributed by atoms with Gasteiger partial charge in [-0.25, -0.2) is 0 Å². The summed E-state index contributed by atoms with van der Waals surface area (Å²) in [7, 11) is 0. The van der Waals surface area contributed by atoms with Crippen LogP contribution in [0.5, 0.6) is 5.75 Å². The standard InChI is InChI=1S/C17H28O3/c1-12(2)10-14(5)19-11-17(18)15-6-8-16(9-7-15)20-13(3)4/h6-9,12-14,17-18H,10-11H2,1-5H3. The zero-order chi connectivity index (χ0) is 15.1. The monoisotopic (exact) mass is 280 g/mol. The molecule has 20 heavy (non-hydrogen) atoms. The Morgan fingerprint density at radius 3 is 2.10 bits per heavy atom. The van der Waals surface area contributed by atoms with E-state index in [1.54, 1.807) is 0 Å². The second-order valence-electron chi connectivity index (χ2n) is 6.02. The van der Waals surface area contributed by atoms with Crippen molar-refractivity contribution in [2.75, 3.05) is 6.61 Å². The zero-order valence-corrected chi connectivity index (χ0v) is 13.3. The number of benzene rings is 1. The lowest BCUT2D eigenvalue weighted by molar-refractivity contribution is -0.0101. The van der Waals surface area contributed by atoms with Gasteiger partial charge in [0.05, 0.1) is 18.8 Å². The van der Waals surface area contributed by atoms with Gasteiger partial charge >= 0.3 is 0 Å². The van der Waals surface area contributed by atoms with E-state index in [4.69, 9.17) is 9.47 Å². The maximum Gasteiger partial charge on any atom is 0.119 e. The molecule has 3 nitrogen and oxygen atoms in total. The zero-order valence-electron chi connectivity index (χ0n) is 13.3. The van der Waals surface area contributed by atoms with E-state index in [0.29, 0.717) is 12.5 Å². The third-order valence-electron chi connectivity index (χ3n) is 2.98. The van der Waals surface area contributed by atoms with E-state index in [0.717, 1.165) is 17.7 Å². The van der Waals surface area contributed by atoms with Gasteiger partial charge in [-0.05, 0) is 50.8 Å². The molecule has 1 rings (SSSR count). The normalized spacial score (nSPS) is 14.6. The molecule has 0 aliphatic carbocycles. The van der Waals surface area contributed by atoms with E-state index in [1.807, 2.05) is 45.0 Å². The van der Waals surface area contributed by atoms with Crippen LogP contribution in [-0.2, 0) is 4.74 Å².